The maximum atomic E-state index is 16.3. The highest BCUT2D eigenvalue weighted by atomic mass is 19.1. The molecule has 0 amide bonds. The van der Waals surface area contributed by atoms with Gasteiger partial charge in [0.25, 0.3) is 0 Å². The molecule has 0 N–H and O–H groups in total. The molecule has 5 nitrogen and oxygen atoms in total. The molecule has 5 aromatic rings. The highest BCUT2D eigenvalue weighted by Gasteiger charge is 2.29. The second-order valence-corrected chi connectivity index (χ2v) is 6.97. The van der Waals surface area contributed by atoms with Crippen molar-refractivity contribution in [3.63, 3.8) is 0 Å². The number of rotatable bonds is 5. The predicted molar refractivity (Wildman–Crippen MR) is 113 cm³/mol. The average molecular weight is 395 g/mol. The Morgan fingerprint density at radius 2 is 1.43 bits per heavy atom. The Morgan fingerprint density at radius 1 is 0.733 bits per heavy atom. The number of benzene rings is 1. The van der Waals surface area contributed by atoms with Crippen LogP contribution in [0.1, 0.15) is 28.8 Å². The molecular weight excluding hydrogens is 377 g/mol. The number of aromatic nitrogens is 5. The number of hydrogen-bond acceptors (Lipinski definition) is 4. The molecule has 0 saturated heterocycles. The van der Waals surface area contributed by atoms with Crippen LogP contribution in [-0.4, -0.2) is 24.5 Å². The lowest BCUT2D eigenvalue weighted by molar-refractivity contribution is 0.310. The number of hydrogen-bond donors (Lipinski definition) is 0. The number of pyridine rings is 3. The molecule has 146 valence electrons. The fourth-order valence-electron chi connectivity index (χ4n) is 3.80. The molecule has 1 atom stereocenters. The number of imidazole rings is 1. The molecule has 5 rings (SSSR count). The van der Waals surface area contributed by atoms with E-state index < -0.39 is 12.1 Å². The van der Waals surface area contributed by atoms with Crippen LogP contribution in [0, 0.1) is 0 Å². The standard InChI is InChI=1S/C24H18FN5/c25-23(22(17-6-3-11-26-14-17)18-7-4-12-27-15-18)19-8-1-2-10-21(19)30-16-29-20-9-5-13-28-24(20)30/h1-16,22-23H. The maximum absolute atomic E-state index is 16.3. The van der Waals surface area contributed by atoms with Crippen molar-refractivity contribution < 1.29 is 4.39 Å². The van der Waals surface area contributed by atoms with E-state index >= 15 is 4.39 Å². The first kappa shape index (κ1) is 18.1. The van der Waals surface area contributed by atoms with Crippen molar-refractivity contribution in [1.82, 2.24) is 24.5 Å². The average Bonchev–Trinajstić information content (AvgIpc) is 3.25. The van der Waals surface area contributed by atoms with Crippen LogP contribution in [-0.2, 0) is 0 Å². The Morgan fingerprint density at radius 3 is 2.13 bits per heavy atom. The summed E-state index contributed by atoms with van der Waals surface area (Å²) in [4.78, 5) is 17.3. The third kappa shape index (κ3) is 3.22. The highest BCUT2D eigenvalue weighted by molar-refractivity contribution is 5.73. The summed E-state index contributed by atoms with van der Waals surface area (Å²) in [6.45, 7) is 0. The van der Waals surface area contributed by atoms with Crippen LogP contribution in [0.25, 0.3) is 16.9 Å². The van der Waals surface area contributed by atoms with Crippen LogP contribution in [0.3, 0.4) is 0 Å². The van der Waals surface area contributed by atoms with Gasteiger partial charge >= 0.3 is 0 Å². The van der Waals surface area contributed by atoms with Gasteiger partial charge in [0.15, 0.2) is 5.65 Å². The van der Waals surface area contributed by atoms with Gasteiger partial charge in [0.05, 0.1) is 5.69 Å². The zero-order chi connectivity index (χ0) is 20.3. The quantitative estimate of drug-likeness (QED) is 0.418. The van der Waals surface area contributed by atoms with E-state index in [9.17, 15) is 0 Å². The van der Waals surface area contributed by atoms with Gasteiger partial charge in [-0.25, -0.2) is 14.4 Å². The molecule has 0 saturated carbocycles. The van der Waals surface area contributed by atoms with E-state index in [1.54, 1.807) is 37.3 Å². The van der Waals surface area contributed by atoms with Gasteiger partial charge in [0.2, 0.25) is 0 Å². The first-order chi connectivity index (χ1) is 14.8. The van der Waals surface area contributed by atoms with E-state index in [2.05, 4.69) is 19.9 Å². The molecule has 0 aliphatic carbocycles. The number of alkyl halides is 1. The van der Waals surface area contributed by atoms with Crippen LogP contribution in [0.4, 0.5) is 4.39 Å². The van der Waals surface area contributed by atoms with Gasteiger partial charge in [-0.1, -0.05) is 30.3 Å². The number of para-hydroxylation sites is 1. The van der Waals surface area contributed by atoms with Crippen molar-refractivity contribution in [3.8, 4) is 5.69 Å². The van der Waals surface area contributed by atoms with E-state index in [1.165, 1.54) is 0 Å². The first-order valence-corrected chi connectivity index (χ1v) is 9.64. The molecule has 1 aromatic carbocycles. The second kappa shape index (κ2) is 7.83. The van der Waals surface area contributed by atoms with Crippen molar-refractivity contribution in [2.45, 2.75) is 12.1 Å². The van der Waals surface area contributed by atoms with E-state index in [1.807, 2.05) is 65.2 Å². The first-order valence-electron chi connectivity index (χ1n) is 9.64. The minimum Gasteiger partial charge on any atom is -0.283 e. The largest absolute Gasteiger partial charge is 0.283 e. The van der Waals surface area contributed by atoms with Crippen LogP contribution >= 0.6 is 0 Å². The lowest BCUT2D eigenvalue weighted by Gasteiger charge is -2.24. The summed E-state index contributed by atoms with van der Waals surface area (Å²) >= 11 is 0. The van der Waals surface area contributed by atoms with Crippen molar-refractivity contribution in [2.75, 3.05) is 0 Å². The monoisotopic (exact) mass is 395 g/mol. The normalized spacial score (nSPS) is 12.3. The third-order valence-corrected chi connectivity index (χ3v) is 5.18. The van der Waals surface area contributed by atoms with Gasteiger partial charge in [0, 0.05) is 42.5 Å². The predicted octanol–water partition coefficient (Wildman–Crippen LogP) is 5.05. The lowest BCUT2D eigenvalue weighted by Crippen LogP contribution is -2.12. The summed E-state index contributed by atoms with van der Waals surface area (Å²) in [7, 11) is 0. The molecule has 0 fully saturated rings. The number of fused-ring (bicyclic) bond motifs is 1. The maximum Gasteiger partial charge on any atom is 0.164 e. The van der Waals surface area contributed by atoms with Gasteiger partial charge in [-0.2, -0.15) is 0 Å². The van der Waals surface area contributed by atoms with E-state index in [-0.39, 0.29) is 0 Å². The van der Waals surface area contributed by atoms with Crippen LogP contribution in [0.2, 0.25) is 0 Å². The zero-order valence-corrected chi connectivity index (χ0v) is 16.0. The SMILES string of the molecule is FC(c1ccccc1-n1cnc2cccnc21)C(c1cccnc1)c1cccnc1. The van der Waals surface area contributed by atoms with E-state index in [0.29, 0.717) is 16.9 Å². The highest BCUT2D eigenvalue weighted by Crippen LogP contribution is 2.41. The molecule has 6 heteroatoms. The summed E-state index contributed by atoms with van der Waals surface area (Å²) in [5, 5.41) is 0. The summed E-state index contributed by atoms with van der Waals surface area (Å²) in [6, 6.07) is 18.6. The molecule has 30 heavy (non-hydrogen) atoms. The fourth-order valence-corrected chi connectivity index (χ4v) is 3.80. The Labute approximate surface area is 172 Å². The molecule has 0 bridgehead atoms. The third-order valence-electron chi connectivity index (χ3n) is 5.18. The van der Waals surface area contributed by atoms with Crippen molar-refractivity contribution in [2.24, 2.45) is 0 Å². The fraction of sp³-hybridized carbons (Fsp3) is 0.0833. The Hall–Kier alpha value is -3.93. The topological polar surface area (TPSA) is 56.5 Å². The van der Waals surface area contributed by atoms with E-state index in [4.69, 9.17) is 0 Å². The molecule has 1 unspecified atom stereocenters. The van der Waals surface area contributed by atoms with Gasteiger partial charge in [-0.15, -0.1) is 0 Å². The minimum absolute atomic E-state index is 0.545. The molecule has 4 aromatic heterocycles. The van der Waals surface area contributed by atoms with Gasteiger partial charge in [-0.05, 0) is 41.5 Å². The van der Waals surface area contributed by atoms with Gasteiger partial charge in [-0.3, -0.25) is 14.5 Å². The molecule has 4 heterocycles. The second-order valence-electron chi connectivity index (χ2n) is 6.97. The van der Waals surface area contributed by atoms with Crippen LogP contribution < -0.4 is 0 Å². The van der Waals surface area contributed by atoms with Gasteiger partial charge < -0.3 is 0 Å². The van der Waals surface area contributed by atoms with Crippen LogP contribution in [0.5, 0.6) is 0 Å². The minimum atomic E-state index is -1.32. The summed E-state index contributed by atoms with van der Waals surface area (Å²) < 4.78 is 18.1. The molecular formula is C24H18FN5. The number of nitrogens with zero attached hydrogens (tertiary/aromatic N) is 5. The Bertz CT molecular complexity index is 1230. The molecule has 0 radical (unpaired) electrons. The summed E-state index contributed by atoms with van der Waals surface area (Å²) in [6.07, 6.45) is 8.87. The molecule has 0 aliphatic heterocycles. The van der Waals surface area contributed by atoms with Crippen molar-refractivity contribution in [1.29, 1.82) is 0 Å². The Kier molecular flexibility index (Phi) is 4.73. The zero-order valence-electron chi connectivity index (χ0n) is 16.0. The van der Waals surface area contributed by atoms with Crippen LogP contribution in [0.15, 0.2) is 98.0 Å². The summed E-state index contributed by atoms with van der Waals surface area (Å²) in [5.74, 6) is -0.545. The molecule has 0 aliphatic rings. The summed E-state index contributed by atoms with van der Waals surface area (Å²) in [5.41, 5.74) is 4.31. The van der Waals surface area contributed by atoms with Crippen molar-refractivity contribution in [3.05, 3.63) is 115 Å². The lowest BCUT2D eigenvalue weighted by atomic mass is 9.85. The van der Waals surface area contributed by atoms with Crippen molar-refractivity contribution >= 4 is 11.2 Å². The molecule has 0 spiro atoms. The number of halogens is 1. The van der Waals surface area contributed by atoms with E-state index in [0.717, 1.165) is 16.6 Å². The van der Waals surface area contributed by atoms with Gasteiger partial charge in [0.1, 0.15) is 18.0 Å². The Balaban J connectivity index is 1.66. The smallest absolute Gasteiger partial charge is 0.164 e.